The predicted molar refractivity (Wildman–Crippen MR) is 63.0 cm³/mol. The fourth-order valence-corrected chi connectivity index (χ4v) is 2.19. The van der Waals surface area contributed by atoms with Crippen molar-refractivity contribution in [3.05, 3.63) is 0 Å². The summed E-state index contributed by atoms with van der Waals surface area (Å²) in [5.41, 5.74) is 0. The molecule has 1 aliphatic heterocycles. The standard InChI is InChI=1S/C12H20FN3O/c1-4-10(15(2)3)6-12(17)16-8-9(13)5-11(16)7-14/h9-11H,4-6,8H2,1-3H3. The molecule has 0 N–H and O–H groups in total. The molecule has 1 aliphatic rings. The van der Waals surface area contributed by atoms with Gasteiger partial charge in [-0.15, -0.1) is 0 Å². The van der Waals surface area contributed by atoms with Gasteiger partial charge in [-0.3, -0.25) is 4.79 Å². The number of hydrogen-bond donors (Lipinski definition) is 0. The van der Waals surface area contributed by atoms with Crippen molar-refractivity contribution in [2.75, 3.05) is 20.6 Å². The van der Waals surface area contributed by atoms with Gasteiger partial charge in [0, 0.05) is 18.9 Å². The number of halogens is 1. The van der Waals surface area contributed by atoms with Crippen LogP contribution in [0.25, 0.3) is 0 Å². The average molecular weight is 241 g/mol. The molecule has 0 radical (unpaired) electrons. The van der Waals surface area contributed by atoms with Gasteiger partial charge in [0.25, 0.3) is 0 Å². The summed E-state index contributed by atoms with van der Waals surface area (Å²) >= 11 is 0. The number of carbonyl (C=O) groups excluding carboxylic acids is 1. The number of rotatable bonds is 4. The molecule has 3 atom stereocenters. The third-order valence-electron chi connectivity index (χ3n) is 3.33. The van der Waals surface area contributed by atoms with Crippen LogP contribution < -0.4 is 0 Å². The smallest absolute Gasteiger partial charge is 0.225 e. The van der Waals surface area contributed by atoms with E-state index in [1.165, 1.54) is 4.90 Å². The molecule has 0 saturated carbocycles. The molecule has 1 heterocycles. The first kappa shape index (κ1) is 13.9. The van der Waals surface area contributed by atoms with Crippen LogP contribution in [-0.4, -0.2) is 54.6 Å². The van der Waals surface area contributed by atoms with E-state index < -0.39 is 12.2 Å². The van der Waals surface area contributed by atoms with Crippen molar-refractivity contribution < 1.29 is 9.18 Å². The van der Waals surface area contributed by atoms with Gasteiger partial charge in [0.05, 0.1) is 12.6 Å². The van der Waals surface area contributed by atoms with E-state index in [1.54, 1.807) is 0 Å². The summed E-state index contributed by atoms with van der Waals surface area (Å²) in [5, 5.41) is 8.88. The second-order valence-electron chi connectivity index (χ2n) is 4.75. The van der Waals surface area contributed by atoms with Gasteiger partial charge in [0.15, 0.2) is 0 Å². The van der Waals surface area contributed by atoms with Gasteiger partial charge in [-0.2, -0.15) is 5.26 Å². The SMILES string of the molecule is CCC(CC(=O)N1CC(F)CC1C#N)N(C)C. The largest absolute Gasteiger partial charge is 0.324 e. The van der Waals surface area contributed by atoms with E-state index in [-0.39, 0.29) is 24.9 Å². The fraction of sp³-hybridized carbons (Fsp3) is 0.833. The zero-order chi connectivity index (χ0) is 13.0. The summed E-state index contributed by atoms with van der Waals surface area (Å²) in [6.07, 6.45) is 0.321. The monoisotopic (exact) mass is 241 g/mol. The first-order chi connectivity index (χ1) is 7.99. The van der Waals surface area contributed by atoms with Gasteiger partial charge in [-0.25, -0.2) is 4.39 Å². The fourth-order valence-electron chi connectivity index (χ4n) is 2.19. The van der Waals surface area contributed by atoms with Crippen molar-refractivity contribution in [2.24, 2.45) is 0 Å². The Bertz CT molecular complexity index is 313. The minimum absolute atomic E-state index is 0.0704. The highest BCUT2D eigenvalue weighted by Crippen LogP contribution is 2.21. The quantitative estimate of drug-likeness (QED) is 0.742. The summed E-state index contributed by atoms with van der Waals surface area (Å²) in [4.78, 5) is 15.4. The number of amides is 1. The second-order valence-corrected chi connectivity index (χ2v) is 4.75. The number of nitriles is 1. The van der Waals surface area contributed by atoms with Gasteiger partial charge < -0.3 is 9.80 Å². The van der Waals surface area contributed by atoms with Crippen LogP contribution in [-0.2, 0) is 4.79 Å². The summed E-state index contributed by atoms with van der Waals surface area (Å²) in [6.45, 7) is 2.09. The molecule has 17 heavy (non-hydrogen) atoms. The van der Waals surface area contributed by atoms with Crippen LogP contribution in [0, 0.1) is 11.3 Å². The Morgan fingerprint density at radius 3 is 2.76 bits per heavy atom. The number of carbonyl (C=O) groups is 1. The zero-order valence-electron chi connectivity index (χ0n) is 10.7. The Hall–Kier alpha value is -1.15. The van der Waals surface area contributed by atoms with Crippen molar-refractivity contribution in [1.82, 2.24) is 9.80 Å². The zero-order valence-corrected chi connectivity index (χ0v) is 10.7. The molecule has 5 heteroatoms. The van der Waals surface area contributed by atoms with Gasteiger partial charge in [-0.1, -0.05) is 6.92 Å². The van der Waals surface area contributed by atoms with Crippen LogP contribution in [0.15, 0.2) is 0 Å². The Morgan fingerprint density at radius 1 is 1.65 bits per heavy atom. The molecule has 3 unspecified atom stereocenters. The van der Waals surface area contributed by atoms with Crippen LogP contribution in [0.2, 0.25) is 0 Å². The van der Waals surface area contributed by atoms with Crippen molar-refractivity contribution >= 4 is 5.91 Å². The van der Waals surface area contributed by atoms with E-state index in [0.29, 0.717) is 6.42 Å². The molecule has 0 spiro atoms. The van der Waals surface area contributed by atoms with Crippen LogP contribution in [0.4, 0.5) is 4.39 Å². The summed E-state index contributed by atoms with van der Waals surface area (Å²) < 4.78 is 13.2. The van der Waals surface area contributed by atoms with E-state index >= 15 is 0 Å². The predicted octanol–water partition coefficient (Wildman–Crippen LogP) is 1.18. The van der Waals surface area contributed by atoms with Crippen molar-refractivity contribution in [2.45, 2.75) is 44.4 Å². The first-order valence-corrected chi connectivity index (χ1v) is 5.99. The lowest BCUT2D eigenvalue weighted by atomic mass is 10.1. The van der Waals surface area contributed by atoms with Gasteiger partial charge in [-0.05, 0) is 20.5 Å². The highest BCUT2D eigenvalue weighted by atomic mass is 19.1. The highest BCUT2D eigenvalue weighted by molar-refractivity contribution is 5.78. The lowest BCUT2D eigenvalue weighted by molar-refractivity contribution is -0.132. The molecule has 96 valence electrons. The maximum atomic E-state index is 13.2. The summed E-state index contributed by atoms with van der Waals surface area (Å²) in [7, 11) is 3.84. The molecule has 0 aromatic heterocycles. The molecule has 0 bridgehead atoms. The molecule has 0 aromatic rings. The number of hydrogen-bond acceptors (Lipinski definition) is 3. The van der Waals surface area contributed by atoms with E-state index in [1.807, 2.05) is 32.0 Å². The Kier molecular flexibility index (Phi) is 4.88. The van der Waals surface area contributed by atoms with Crippen LogP contribution in [0.1, 0.15) is 26.2 Å². The molecular formula is C12H20FN3O. The normalized spacial score (nSPS) is 26.0. The highest BCUT2D eigenvalue weighted by Gasteiger charge is 2.35. The third kappa shape index (κ3) is 3.40. The molecule has 1 fully saturated rings. The Balaban J connectivity index is 2.61. The van der Waals surface area contributed by atoms with Crippen LogP contribution in [0.5, 0.6) is 0 Å². The first-order valence-electron chi connectivity index (χ1n) is 5.99. The average Bonchev–Trinajstić information content (AvgIpc) is 2.66. The molecule has 1 amide bonds. The molecular weight excluding hydrogens is 221 g/mol. The lowest BCUT2D eigenvalue weighted by Crippen LogP contribution is -2.39. The van der Waals surface area contributed by atoms with Gasteiger partial charge in [0.1, 0.15) is 12.2 Å². The maximum absolute atomic E-state index is 13.2. The van der Waals surface area contributed by atoms with Crippen LogP contribution in [0.3, 0.4) is 0 Å². The van der Waals surface area contributed by atoms with Crippen LogP contribution >= 0.6 is 0 Å². The van der Waals surface area contributed by atoms with E-state index in [4.69, 9.17) is 5.26 Å². The molecule has 0 aliphatic carbocycles. The molecule has 1 rings (SSSR count). The Morgan fingerprint density at radius 2 is 2.29 bits per heavy atom. The Labute approximate surface area is 102 Å². The van der Waals surface area contributed by atoms with Gasteiger partial charge >= 0.3 is 0 Å². The van der Waals surface area contributed by atoms with Gasteiger partial charge in [0.2, 0.25) is 5.91 Å². The minimum Gasteiger partial charge on any atom is -0.324 e. The van der Waals surface area contributed by atoms with E-state index in [2.05, 4.69) is 0 Å². The second kappa shape index (κ2) is 5.97. The lowest BCUT2D eigenvalue weighted by Gasteiger charge is -2.26. The number of nitrogens with zero attached hydrogens (tertiary/aromatic N) is 3. The van der Waals surface area contributed by atoms with E-state index in [0.717, 1.165) is 6.42 Å². The number of likely N-dealkylation sites (tertiary alicyclic amines) is 1. The third-order valence-corrected chi connectivity index (χ3v) is 3.33. The maximum Gasteiger partial charge on any atom is 0.225 e. The summed E-state index contributed by atoms with van der Waals surface area (Å²) in [6, 6.07) is 1.56. The topological polar surface area (TPSA) is 47.3 Å². The molecule has 4 nitrogen and oxygen atoms in total. The summed E-state index contributed by atoms with van der Waals surface area (Å²) in [5.74, 6) is -0.114. The van der Waals surface area contributed by atoms with Crippen molar-refractivity contribution in [1.29, 1.82) is 5.26 Å². The molecule has 1 saturated heterocycles. The minimum atomic E-state index is -1.05. The number of alkyl halides is 1. The van der Waals surface area contributed by atoms with Crippen molar-refractivity contribution in [3.63, 3.8) is 0 Å². The van der Waals surface area contributed by atoms with E-state index in [9.17, 15) is 9.18 Å². The molecule has 0 aromatic carbocycles. The van der Waals surface area contributed by atoms with Crippen molar-refractivity contribution in [3.8, 4) is 6.07 Å².